The van der Waals surface area contributed by atoms with Gasteiger partial charge >= 0.3 is 11.9 Å². The molecule has 0 radical (unpaired) electrons. The van der Waals surface area contributed by atoms with Crippen LogP contribution in [-0.4, -0.2) is 24.6 Å². The van der Waals surface area contributed by atoms with Gasteiger partial charge in [0.05, 0.1) is 12.7 Å². The molecular formula is C8H10O4. The highest BCUT2D eigenvalue weighted by molar-refractivity contribution is 6.02. The quantitative estimate of drug-likeness (QED) is 0.422. The van der Waals surface area contributed by atoms with E-state index in [2.05, 4.69) is 4.74 Å². The molecule has 0 bridgehead atoms. The number of carbonyl (C=O) groups is 2. The summed E-state index contributed by atoms with van der Waals surface area (Å²) in [7, 11) is 1.26. The fourth-order valence-corrected chi connectivity index (χ4v) is 0.951. The summed E-state index contributed by atoms with van der Waals surface area (Å²) in [6, 6.07) is 0. The van der Waals surface area contributed by atoms with E-state index in [0.717, 1.165) is 6.08 Å². The Morgan fingerprint density at radius 3 is 2.50 bits per heavy atom. The Morgan fingerprint density at radius 2 is 2.17 bits per heavy atom. The fraction of sp³-hybridized carbons (Fsp3) is 0.500. The number of carbonyl (C=O) groups excluding carboxylic acids is 2. The minimum atomic E-state index is -0.648. The van der Waals surface area contributed by atoms with Gasteiger partial charge in [-0.15, -0.1) is 0 Å². The van der Waals surface area contributed by atoms with Crippen LogP contribution in [0.4, 0.5) is 0 Å². The fourth-order valence-electron chi connectivity index (χ4n) is 0.951. The summed E-state index contributed by atoms with van der Waals surface area (Å²) in [6.45, 7) is 3.42. The molecule has 0 saturated carbocycles. The van der Waals surface area contributed by atoms with Crippen LogP contribution >= 0.6 is 0 Å². The average molecular weight is 170 g/mol. The molecule has 0 atom stereocenters. The lowest BCUT2D eigenvalue weighted by molar-refractivity contribution is -0.167. The monoisotopic (exact) mass is 170 g/mol. The summed E-state index contributed by atoms with van der Waals surface area (Å²) in [5.41, 5.74) is -0.292. The van der Waals surface area contributed by atoms with Gasteiger partial charge in [-0.2, -0.15) is 0 Å². The molecule has 0 N–H and O–H groups in total. The van der Waals surface area contributed by atoms with Gasteiger partial charge in [0.15, 0.2) is 0 Å². The van der Waals surface area contributed by atoms with Crippen LogP contribution in [0.25, 0.3) is 0 Å². The van der Waals surface area contributed by atoms with Crippen molar-refractivity contribution in [2.24, 2.45) is 0 Å². The van der Waals surface area contributed by atoms with Crippen LogP contribution < -0.4 is 0 Å². The van der Waals surface area contributed by atoms with Gasteiger partial charge in [0.2, 0.25) is 0 Å². The maximum Gasteiger partial charge on any atom is 0.339 e. The summed E-state index contributed by atoms with van der Waals surface area (Å²) in [6.07, 6.45) is 1.16. The highest BCUT2D eigenvalue weighted by Gasteiger charge is 2.44. The topological polar surface area (TPSA) is 52.6 Å². The van der Waals surface area contributed by atoms with Crippen LogP contribution in [0, 0.1) is 0 Å². The molecule has 4 nitrogen and oxygen atoms in total. The minimum Gasteiger partial charge on any atom is -0.466 e. The molecule has 0 amide bonds. The predicted molar refractivity (Wildman–Crippen MR) is 40.3 cm³/mol. The summed E-state index contributed by atoms with van der Waals surface area (Å²) in [5, 5.41) is 0. The average Bonchev–Trinajstić information content (AvgIpc) is 1.99. The van der Waals surface area contributed by atoms with Crippen LogP contribution in [0.5, 0.6) is 0 Å². The van der Waals surface area contributed by atoms with Crippen molar-refractivity contribution in [2.45, 2.75) is 19.4 Å². The third-order valence-corrected chi connectivity index (χ3v) is 1.68. The normalized spacial score (nSPS) is 22.9. The molecule has 66 valence electrons. The van der Waals surface area contributed by atoms with Gasteiger partial charge in [0, 0.05) is 6.08 Å². The third kappa shape index (κ3) is 1.32. The van der Waals surface area contributed by atoms with Crippen molar-refractivity contribution < 1.29 is 19.1 Å². The molecule has 1 rings (SSSR count). The van der Waals surface area contributed by atoms with Gasteiger partial charge in [0.25, 0.3) is 0 Å². The first kappa shape index (κ1) is 8.77. The van der Waals surface area contributed by atoms with Crippen molar-refractivity contribution in [1.82, 2.24) is 0 Å². The highest BCUT2D eigenvalue weighted by Crippen LogP contribution is 2.32. The van der Waals surface area contributed by atoms with Gasteiger partial charge in [-0.3, -0.25) is 0 Å². The van der Waals surface area contributed by atoms with Crippen LogP contribution in [0.2, 0.25) is 0 Å². The van der Waals surface area contributed by atoms with E-state index in [1.54, 1.807) is 13.8 Å². The Bertz CT molecular complexity index is 262. The largest absolute Gasteiger partial charge is 0.466 e. The number of hydrogen-bond acceptors (Lipinski definition) is 4. The van der Waals surface area contributed by atoms with E-state index < -0.39 is 17.5 Å². The molecule has 1 aliphatic rings. The number of esters is 2. The maximum absolute atomic E-state index is 10.8. The van der Waals surface area contributed by atoms with Crippen LogP contribution in [-0.2, 0) is 19.1 Å². The second kappa shape index (κ2) is 2.62. The Kier molecular flexibility index (Phi) is 1.92. The van der Waals surface area contributed by atoms with E-state index in [4.69, 9.17) is 4.74 Å². The van der Waals surface area contributed by atoms with Crippen LogP contribution in [0.15, 0.2) is 11.6 Å². The van der Waals surface area contributed by atoms with Gasteiger partial charge in [-0.1, -0.05) is 0 Å². The molecular weight excluding hydrogens is 160 g/mol. The molecule has 0 aromatic rings. The molecule has 1 saturated heterocycles. The number of methoxy groups -OCH3 is 1. The summed E-state index contributed by atoms with van der Waals surface area (Å²) >= 11 is 0. The highest BCUT2D eigenvalue weighted by atomic mass is 16.6. The van der Waals surface area contributed by atoms with Crippen molar-refractivity contribution in [3.8, 4) is 0 Å². The van der Waals surface area contributed by atoms with E-state index in [9.17, 15) is 9.59 Å². The smallest absolute Gasteiger partial charge is 0.339 e. The van der Waals surface area contributed by atoms with Crippen molar-refractivity contribution in [2.75, 3.05) is 7.11 Å². The molecule has 0 spiro atoms. The van der Waals surface area contributed by atoms with Gasteiger partial charge in [-0.25, -0.2) is 9.59 Å². The van der Waals surface area contributed by atoms with Gasteiger partial charge in [-0.05, 0) is 13.8 Å². The Balaban J connectivity index is 2.80. The van der Waals surface area contributed by atoms with Crippen molar-refractivity contribution in [3.05, 3.63) is 11.6 Å². The van der Waals surface area contributed by atoms with E-state index >= 15 is 0 Å². The molecule has 1 fully saturated rings. The second-order valence-corrected chi connectivity index (χ2v) is 2.98. The first-order valence-corrected chi connectivity index (χ1v) is 3.51. The van der Waals surface area contributed by atoms with Gasteiger partial charge in [0.1, 0.15) is 5.60 Å². The zero-order chi connectivity index (χ0) is 9.35. The Morgan fingerprint density at radius 1 is 1.58 bits per heavy atom. The predicted octanol–water partition coefficient (Wildman–Crippen LogP) is 0.421. The van der Waals surface area contributed by atoms with Crippen molar-refractivity contribution in [1.29, 1.82) is 0 Å². The Labute approximate surface area is 70.1 Å². The summed E-state index contributed by atoms with van der Waals surface area (Å²) in [5.74, 6) is -0.986. The van der Waals surface area contributed by atoms with E-state index in [-0.39, 0.29) is 0 Å². The third-order valence-electron chi connectivity index (χ3n) is 1.68. The minimum absolute atomic E-state index is 0.356. The van der Waals surface area contributed by atoms with Crippen LogP contribution in [0.1, 0.15) is 13.8 Å². The molecule has 0 aromatic heterocycles. The molecule has 0 aliphatic carbocycles. The lowest BCUT2D eigenvalue weighted by atomic mass is 9.92. The van der Waals surface area contributed by atoms with Gasteiger partial charge < -0.3 is 9.47 Å². The molecule has 0 unspecified atom stereocenters. The molecule has 1 aliphatic heterocycles. The standard InChI is InChI=1S/C8H10O4/c1-8(2)5(7(10)12-8)4-6(9)11-3/h4H,1-3H3/b5-4+. The number of hydrogen-bond donors (Lipinski definition) is 0. The number of ether oxygens (including phenoxy) is 2. The van der Waals surface area contributed by atoms with Crippen molar-refractivity contribution in [3.63, 3.8) is 0 Å². The first-order valence-electron chi connectivity index (χ1n) is 3.51. The Hall–Kier alpha value is -1.32. The summed E-state index contributed by atoms with van der Waals surface area (Å²) in [4.78, 5) is 21.5. The molecule has 4 heteroatoms. The number of cyclic esters (lactones) is 1. The van der Waals surface area contributed by atoms with E-state index in [0.29, 0.717) is 5.57 Å². The lowest BCUT2D eigenvalue weighted by Crippen LogP contribution is -2.45. The van der Waals surface area contributed by atoms with E-state index in [1.807, 2.05) is 0 Å². The van der Waals surface area contributed by atoms with E-state index in [1.165, 1.54) is 7.11 Å². The summed E-state index contributed by atoms with van der Waals surface area (Å²) < 4.78 is 9.14. The number of rotatable bonds is 1. The molecule has 1 heterocycles. The lowest BCUT2D eigenvalue weighted by Gasteiger charge is -2.36. The molecule has 12 heavy (non-hydrogen) atoms. The maximum atomic E-state index is 10.8. The SMILES string of the molecule is COC(=O)/C=C1\C(=O)OC1(C)C. The second-order valence-electron chi connectivity index (χ2n) is 2.98. The molecule has 0 aromatic carbocycles. The van der Waals surface area contributed by atoms with Crippen LogP contribution in [0.3, 0.4) is 0 Å². The zero-order valence-corrected chi connectivity index (χ0v) is 7.21. The zero-order valence-electron chi connectivity index (χ0n) is 7.21. The first-order chi connectivity index (χ1) is 5.47. The van der Waals surface area contributed by atoms with Crippen molar-refractivity contribution >= 4 is 11.9 Å².